The van der Waals surface area contributed by atoms with Crippen LogP contribution in [-0.4, -0.2) is 32.0 Å². The van der Waals surface area contributed by atoms with Gasteiger partial charge in [0.2, 0.25) is 6.79 Å². The number of nitrogens with one attached hydrogen (secondary N) is 2. The highest BCUT2D eigenvalue weighted by Crippen LogP contribution is 2.37. The molecule has 2 N–H and O–H groups in total. The number of carbonyl (C=O) groups excluding carboxylic acids is 2. The van der Waals surface area contributed by atoms with Crippen LogP contribution in [0, 0.1) is 5.82 Å². The van der Waals surface area contributed by atoms with Crippen molar-refractivity contribution < 1.29 is 32.9 Å². The minimum Gasteiger partial charge on any atom is -0.487 e. The van der Waals surface area contributed by atoms with E-state index in [9.17, 15) is 14.0 Å². The van der Waals surface area contributed by atoms with Gasteiger partial charge in [0.1, 0.15) is 18.2 Å². The van der Waals surface area contributed by atoms with Crippen LogP contribution in [-0.2, 0) is 9.53 Å². The van der Waals surface area contributed by atoms with E-state index in [0.717, 1.165) is 0 Å². The molecule has 9 heteroatoms. The maximum Gasteiger partial charge on any atom is 0.338 e. The molecule has 2 aliphatic heterocycles. The van der Waals surface area contributed by atoms with E-state index in [1.54, 1.807) is 25.1 Å². The zero-order chi connectivity index (χ0) is 21.1. The number of hydrogen-bond acceptors (Lipinski definition) is 6. The van der Waals surface area contributed by atoms with Gasteiger partial charge in [-0.2, -0.15) is 0 Å². The molecule has 2 aliphatic rings. The highest BCUT2D eigenvalue weighted by molar-refractivity contribution is 5.95. The maximum absolute atomic E-state index is 13.1. The van der Waals surface area contributed by atoms with Crippen LogP contribution in [0.15, 0.2) is 53.7 Å². The minimum atomic E-state index is -0.779. The lowest BCUT2D eigenvalue weighted by Crippen LogP contribution is -2.47. The Hall–Kier alpha value is -3.75. The van der Waals surface area contributed by atoms with Crippen LogP contribution in [0.1, 0.15) is 18.5 Å². The van der Waals surface area contributed by atoms with E-state index in [2.05, 4.69) is 10.6 Å². The average Bonchev–Trinajstić information content (AvgIpc) is 3.21. The van der Waals surface area contributed by atoms with E-state index in [-0.39, 0.29) is 31.3 Å². The maximum atomic E-state index is 13.1. The standard InChI is InChI=1S/C21H19FN2O6/c1-2-27-20(25)18-15(10-28-14-6-4-13(22)5-7-14)23-21(26)24-19(18)12-3-8-16-17(9-12)30-11-29-16/h3-9,19H,2,10-11H2,1H3,(H2,23,24,26)/t19-/m1/s1. The van der Waals surface area contributed by atoms with Gasteiger partial charge < -0.3 is 29.6 Å². The SMILES string of the molecule is CCOC(=O)C1=C(COc2ccc(F)cc2)NC(=O)N[C@@H]1c1ccc2c(c1)OCO2. The summed E-state index contributed by atoms with van der Waals surface area (Å²) in [7, 11) is 0. The predicted octanol–water partition coefficient (Wildman–Crippen LogP) is 2.80. The molecular weight excluding hydrogens is 395 g/mol. The summed E-state index contributed by atoms with van der Waals surface area (Å²) in [4.78, 5) is 25.1. The van der Waals surface area contributed by atoms with Crippen LogP contribution < -0.4 is 24.8 Å². The van der Waals surface area contributed by atoms with Gasteiger partial charge in [0.15, 0.2) is 11.5 Å². The fraction of sp³-hybridized carbons (Fsp3) is 0.238. The van der Waals surface area contributed by atoms with Crippen LogP contribution in [0.4, 0.5) is 9.18 Å². The van der Waals surface area contributed by atoms with Gasteiger partial charge in [-0.25, -0.2) is 14.0 Å². The number of hydrogen-bond donors (Lipinski definition) is 2. The lowest BCUT2D eigenvalue weighted by atomic mass is 9.95. The van der Waals surface area contributed by atoms with Crippen molar-refractivity contribution in [2.24, 2.45) is 0 Å². The molecule has 2 aromatic rings. The number of amides is 2. The molecule has 156 valence electrons. The smallest absolute Gasteiger partial charge is 0.338 e. The summed E-state index contributed by atoms with van der Waals surface area (Å²) >= 11 is 0. The quantitative estimate of drug-likeness (QED) is 0.706. The van der Waals surface area contributed by atoms with E-state index in [1.165, 1.54) is 24.3 Å². The molecule has 8 nitrogen and oxygen atoms in total. The highest BCUT2D eigenvalue weighted by atomic mass is 19.1. The molecule has 4 rings (SSSR count). The number of carbonyl (C=O) groups is 2. The largest absolute Gasteiger partial charge is 0.487 e. The lowest BCUT2D eigenvalue weighted by molar-refractivity contribution is -0.139. The van der Waals surface area contributed by atoms with Gasteiger partial charge in [0, 0.05) is 0 Å². The van der Waals surface area contributed by atoms with Crippen LogP contribution in [0.5, 0.6) is 17.2 Å². The lowest BCUT2D eigenvalue weighted by Gasteiger charge is -2.29. The first-order chi connectivity index (χ1) is 14.5. The van der Waals surface area contributed by atoms with E-state index in [4.69, 9.17) is 18.9 Å². The predicted molar refractivity (Wildman–Crippen MR) is 103 cm³/mol. The summed E-state index contributed by atoms with van der Waals surface area (Å²) in [5.74, 6) is 0.504. The van der Waals surface area contributed by atoms with Crippen molar-refractivity contribution in [1.82, 2.24) is 10.6 Å². The molecule has 0 aromatic heterocycles. The summed E-state index contributed by atoms with van der Waals surface area (Å²) < 4.78 is 34.7. The number of ether oxygens (including phenoxy) is 4. The number of esters is 1. The summed E-state index contributed by atoms with van der Waals surface area (Å²) in [5.41, 5.74) is 1.08. The van der Waals surface area contributed by atoms with Crippen molar-refractivity contribution in [2.75, 3.05) is 20.0 Å². The second-order valence-electron chi connectivity index (χ2n) is 6.50. The number of fused-ring (bicyclic) bond motifs is 1. The van der Waals surface area contributed by atoms with Gasteiger partial charge in [-0.05, 0) is 48.9 Å². The first-order valence-corrected chi connectivity index (χ1v) is 9.30. The van der Waals surface area contributed by atoms with E-state index >= 15 is 0 Å². The first-order valence-electron chi connectivity index (χ1n) is 9.30. The zero-order valence-corrected chi connectivity index (χ0v) is 16.1. The Morgan fingerprint density at radius 2 is 1.93 bits per heavy atom. The first kappa shape index (κ1) is 19.6. The fourth-order valence-corrected chi connectivity index (χ4v) is 3.21. The van der Waals surface area contributed by atoms with Crippen molar-refractivity contribution in [1.29, 1.82) is 0 Å². The molecule has 2 amide bonds. The summed E-state index contributed by atoms with van der Waals surface area (Å²) in [5, 5.41) is 5.35. The molecule has 0 bridgehead atoms. The molecular formula is C21H19FN2O6. The summed E-state index contributed by atoms with van der Waals surface area (Å²) in [6, 6.07) is 9.30. The Labute approximate surface area is 171 Å². The Kier molecular flexibility index (Phi) is 5.42. The number of halogens is 1. The topological polar surface area (TPSA) is 95.1 Å². The van der Waals surface area contributed by atoms with Crippen molar-refractivity contribution in [3.05, 3.63) is 65.1 Å². The molecule has 2 heterocycles. The molecule has 0 spiro atoms. The Morgan fingerprint density at radius 1 is 1.17 bits per heavy atom. The normalized spacial score (nSPS) is 17.3. The van der Waals surface area contributed by atoms with Crippen molar-refractivity contribution >= 4 is 12.0 Å². The van der Waals surface area contributed by atoms with Gasteiger partial charge in [-0.3, -0.25) is 0 Å². The minimum absolute atomic E-state index is 0.106. The van der Waals surface area contributed by atoms with E-state index in [0.29, 0.717) is 22.8 Å². The van der Waals surface area contributed by atoms with Crippen molar-refractivity contribution in [2.45, 2.75) is 13.0 Å². The Morgan fingerprint density at radius 3 is 2.70 bits per heavy atom. The monoisotopic (exact) mass is 414 g/mol. The van der Waals surface area contributed by atoms with Gasteiger partial charge in [0.25, 0.3) is 0 Å². The number of rotatable bonds is 6. The Bertz CT molecular complexity index is 1010. The Balaban J connectivity index is 1.68. The molecule has 0 saturated heterocycles. The summed E-state index contributed by atoms with van der Waals surface area (Å²) in [6.45, 7) is 1.84. The number of urea groups is 1. The highest BCUT2D eigenvalue weighted by Gasteiger charge is 2.34. The van der Waals surface area contributed by atoms with Crippen LogP contribution in [0.2, 0.25) is 0 Å². The van der Waals surface area contributed by atoms with Gasteiger partial charge in [-0.1, -0.05) is 6.07 Å². The molecule has 0 fully saturated rings. The van der Waals surface area contributed by atoms with E-state index < -0.39 is 23.9 Å². The second-order valence-corrected chi connectivity index (χ2v) is 6.50. The van der Waals surface area contributed by atoms with Crippen molar-refractivity contribution in [3.63, 3.8) is 0 Å². The van der Waals surface area contributed by atoms with Gasteiger partial charge in [-0.15, -0.1) is 0 Å². The molecule has 2 aromatic carbocycles. The zero-order valence-electron chi connectivity index (χ0n) is 16.1. The van der Waals surface area contributed by atoms with Crippen LogP contribution in [0.3, 0.4) is 0 Å². The van der Waals surface area contributed by atoms with E-state index in [1.807, 2.05) is 0 Å². The number of benzene rings is 2. The second kappa shape index (κ2) is 8.32. The molecule has 1 atom stereocenters. The average molecular weight is 414 g/mol. The third kappa shape index (κ3) is 4.00. The van der Waals surface area contributed by atoms with Gasteiger partial charge in [0.05, 0.1) is 23.9 Å². The molecule has 0 unspecified atom stereocenters. The molecule has 30 heavy (non-hydrogen) atoms. The van der Waals surface area contributed by atoms with Gasteiger partial charge >= 0.3 is 12.0 Å². The van der Waals surface area contributed by atoms with Crippen LogP contribution in [0.25, 0.3) is 0 Å². The molecule has 0 saturated carbocycles. The molecule has 0 radical (unpaired) electrons. The third-order valence-corrected chi connectivity index (χ3v) is 4.58. The third-order valence-electron chi connectivity index (χ3n) is 4.58. The molecule has 0 aliphatic carbocycles. The fourth-order valence-electron chi connectivity index (χ4n) is 3.21. The van der Waals surface area contributed by atoms with Crippen LogP contribution >= 0.6 is 0 Å². The van der Waals surface area contributed by atoms with Crippen molar-refractivity contribution in [3.8, 4) is 17.2 Å². The summed E-state index contributed by atoms with van der Waals surface area (Å²) in [6.07, 6.45) is 0.